The lowest BCUT2D eigenvalue weighted by Gasteiger charge is -2.00. The highest BCUT2D eigenvalue weighted by Gasteiger charge is 2.09. The van der Waals surface area contributed by atoms with Crippen LogP contribution in [0.4, 0.5) is 0 Å². The molecule has 0 bridgehead atoms. The van der Waals surface area contributed by atoms with Crippen molar-refractivity contribution in [2.24, 2.45) is 0 Å². The summed E-state index contributed by atoms with van der Waals surface area (Å²) in [5.74, 6) is -1.22. The van der Waals surface area contributed by atoms with E-state index >= 15 is 0 Å². The van der Waals surface area contributed by atoms with Gasteiger partial charge in [-0.05, 0) is 18.2 Å². The van der Waals surface area contributed by atoms with Crippen molar-refractivity contribution in [1.82, 2.24) is 10.3 Å². The Morgan fingerprint density at radius 2 is 2.06 bits per heavy atom. The summed E-state index contributed by atoms with van der Waals surface area (Å²) >= 11 is 0. The molecule has 2 aromatic rings. The first-order chi connectivity index (χ1) is 8.56. The van der Waals surface area contributed by atoms with Crippen LogP contribution in [0.3, 0.4) is 0 Å². The number of carboxylic acid groups (broad SMARTS) is 1. The Balaban J connectivity index is 2.10. The van der Waals surface area contributed by atoms with Crippen molar-refractivity contribution < 1.29 is 19.8 Å². The zero-order chi connectivity index (χ0) is 13.1. The number of hydrogen-bond acceptors (Lipinski definition) is 3. The maximum absolute atomic E-state index is 11.7. The number of aliphatic carboxylic acids is 1. The van der Waals surface area contributed by atoms with Crippen LogP contribution in [0, 0.1) is 0 Å². The highest BCUT2D eigenvalue weighted by molar-refractivity contribution is 5.98. The van der Waals surface area contributed by atoms with Gasteiger partial charge in [-0.3, -0.25) is 9.59 Å². The normalized spacial score (nSPS) is 10.4. The smallest absolute Gasteiger partial charge is 0.305 e. The summed E-state index contributed by atoms with van der Waals surface area (Å²) in [6, 6.07) is 6.38. The van der Waals surface area contributed by atoms with Gasteiger partial charge in [0.2, 0.25) is 0 Å². The first-order valence-electron chi connectivity index (χ1n) is 5.38. The predicted molar refractivity (Wildman–Crippen MR) is 64.5 cm³/mol. The number of carbonyl (C=O) groups excluding carboxylic acids is 1. The summed E-state index contributed by atoms with van der Waals surface area (Å²) in [4.78, 5) is 24.8. The lowest BCUT2D eigenvalue weighted by atomic mass is 10.2. The molecule has 6 nitrogen and oxygen atoms in total. The SMILES string of the molecule is O=C(O)CCNC(=O)c1cc2ccc(O)cc2[nH]1. The minimum absolute atomic E-state index is 0.0782. The first-order valence-corrected chi connectivity index (χ1v) is 5.38. The van der Waals surface area contributed by atoms with Gasteiger partial charge < -0.3 is 20.5 Å². The van der Waals surface area contributed by atoms with Crippen LogP contribution in [-0.2, 0) is 4.79 Å². The number of nitrogens with one attached hydrogen (secondary N) is 2. The van der Waals surface area contributed by atoms with E-state index in [1.807, 2.05) is 0 Å². The number of amides is 1. The summed E-state index contributed by atoms with van der Waals surface area (Å²) in [7, 11) is 0. The molecule has 94 valence electrons. The standard InChI is InChI=1S/C12H12N2O4/c15-8-2-1-7-5-10(14-9(7)6-8)12(18)13-4-3-11(16)17/h1-2,5-6,14-15H,3-4H2,(H,13,18)(H,16,17). The molecule has 4 N–H and O–H groups in total. The van der Waals surface area contributed by atoms with Gasteiger partial charge in [-0.1, -0.05) is 0 Å². The molecule has 0 spiro atoms. The molecule has 1 amide bonds. The Kier molecular flexibility index (Phi) is 3.18. The molecule has 0 radical (unpaired) electrons. The van der Waals surface area contributed by atoms with Gasteiger partial charge in [0.1, 0.15) is 11.4 Å². The van der Waals surface area contributed by atoms with E-state index in [1.165, 1.54) is 12.1 Å². The zero-order valence-corrected chi connectivity index (χ0v) is 9.43. The Morgan fingerprint density at radius 3 is 2.78 bits per heavy atom. The average molecular weight is 248 g/mol. The molecule has 1 aromatic carbocycles. The second kappa shape index (κ2) is 4.79. The minimum Gasteiger partial charge on any atom is -0.508 e. The number of rotatable bonds is 4. The van der Waals surface area contributed by atoms with E-state index in [4.69, 9.17) is 5.11 Å². The second-order valence-corrected chi connectivity index (χ2v) is 3.85. The summed E-state index contributed by atoms with van der Waals surface area (Å²) < 4.78 is 0. The lowest BCUT2D eigenvalue weighted by Crippen LogP contribution is -2.26. The Labute approximate surface area is 102 Å². The van der Waals surface area contributed by atoms with Crippen LogP contribution < -0.4 is 5.32 Å². The monoisotopic (exact) mass is 248 g/mol. The highest BCUT2D eigenvalue weighted by atomic mass is 16.4. The molecule has 0 unspecified atom stereocenters. The molecule has 1 aromatic heterocycles. The number of fused-ring (bicyclic) bond motifs is 1. The molecule has 0 aliphatic heterocycles. The molecule has 0 fully saturated rings. The number of hydrogen-bond donors (Lipinski definition) is 4. The number of aromatic hydroxyl groups is 1. The summed E-state index contributed by atoms with van der Waals surface area (Å²) in [6.07, 6.45) is -0.118. The molecule has 0 atom stereocenters. The van der Waals surface area contributed by atoms with Crippen LogP contribution >= 0.6 is 0 Å². The van der Waals surface area contributed by atoms with E-state index in [2.05, 4.69) is 10.3 Å². The van der Waals surface area contributed by atoms with E-state index in [9.17, 15) is 14.7 Å². The number of carbonyl (C=O) groups is 2. The Bertz CT molecular complexity index is 603. The summed E-state index contributed by atoms with van der Waals surface area (Å²) in [5.41, 5.74) is 0.986. The molecule has 0 aliphatic rings. The van der Waals surface area contributed by atoms with Crippen molar-refractivity contribution in [1.29, 1.82) is 0 Å². The van der Waals surface area contributed by atoms with E-state index < -0.39 is 5.97 Å². The van der Waals surface area contributed by atoms with Gasteiger partial charge >= 0.3 is 5.97 Å². The van der Waals surface area contributed by atoms with Crippen LogP contribution in [0.15, 0.2) is 24.3 Å². The van der Waals surface area contributed by atoms with E-state index in [0.29, 0.717) is 11.2 Å². The number of aromatic amines is 1. The fourth-order valence-electron chi connectivity index (χ4n) is 1.62. The van der Waals surface area contributed by atoms with Crippen LogP contribution in [0.25, 0.3) is 10.9 Å². The van der Waals surface area contributed by atoms with Gasteiger partial charge in [0, 0.05) is 23.5 Å². The van der Waals surface area contributed by atoms with E-state index in [-0.39, 0.29) is 24.6 Å². The van der Waals surface area contributed by atoms with Crippen LogP contribution in [0.1, 0.15) is 16.9 Å². The number of carboxylic acids is 1. The maximum atomic E-state index is 11.7. The molecule has 1 heterocycles. The molecular formula is C12H12N2O4. The van der Waals surface area contributed by atoms with Crippen LogP contribution in [0.2, 0.25) is 0 Å². The molecule has 6 heteroatoms. The number of benzene rings is 1. The summed E-state index contributed by atoms with van der Waals surface area (Å²) in [6.45, 7) is 0.0782. The fourth-order valence-corrected chi connectivity index (χ4v) is 1.62. The topological polar surface area (TPSA) is 102 Å². The van der Waals surface area contributed by atoms with Gasteiger partial charge in [-0.15, -0.1) is 0 Å². The average Bonchev–Trinajstić information content (AvgIpc) is 2.71. The fraction of sp³-hybridized carbons (Fsp3) is 0.167. The van der Waals surface area contributed by atoms with Gasteiger partial charge in [0.15, 0.2) is 0 Å². The predicted octanol–water partition coefficient (Wildman–Crippen LogP) is 1.08. The van der Waals surface area contributed by atoms with Crippen molar-refractivity contribution in [3.8, 4) is 5.75 Å². The van der Waals surface area contributed by atoms with Gasteiger partial charge in [0.25, 0.3) is 5.91 Å². The third-order valence-electron chi connectivity index (χ3n) is 2.48. The lowest BCUT2D eigenvalue weighted by molar-refractivity contribution is -0.136. The largest absolute Gasteiger partial charge is 0.508 e. The molecule has 2 rings (SSSR count). The van der Waals surface area contributed by atoms with Crippen molar-refractivity contribution in [2.45, 2.75) is 6.42 Å². The molecule has 0 aliphatic carbocycles. The van der Waals surface area contributed by atoms with Crippen molar-refractivity contribution in [3.63, 3.8) is 0 Å². The van der Waals surface area contributed by atoms with Crippen molar-refractivity contribution in [2.75, 3.05) is 6.54 Å². The third-order valence-corrected chi connectivity index (χ3v) is 2.48. The zero-order valence-electron chi connectivity index (χ0n) is 9.43. The number of aromatic nitrogens is 1. The van der Waals surface area contributed by atoms with E-state index in [0.717, 1.165) is 5.39 Å². The number of H-pyrrole nitrogens is 1. The van der Waals surface area contributed by atoms with Gasteiger partial charge in [0.05, 0.1) is 6.42 Å². The molecule has 18 heavy (non-hydrogen) atoms. The van der Waals surface area contributed by atoms with Gasteiger partial charge in [-0.2, -0.15) is 0 Å². The quantitative estimate of drug-likeness (QED) is 0.650. The summed E-state index contributed by atoms with van der Waals surface area (Å²) in [5, 5.41) is 21.0. The second-order valence-electron chi connectivity index (χ2n) is 3.85. The molecule has 0 saturated carbocycles. The number of phenols is 1. The number of phenolic OH excluding ortho intramolecular Hbond substituents is 1. The van der Waals surface area contributed by atoms with Crippen LogP contribution in [0.5, 0.6) is 5.75 Å². The Morgan fingerprint density at radius 1 is 1.28 bits per heavy atom. The maximum Gasteiger partial charge on any atom is 0.305 e. The van der Waals surface area contributed by atoms with Gasteiger partial charge in [-0.25, -0.2) is 0 Å². The van der Waals surface area contributed by atoms with E-state index in [1.54, 1.807) is 12.1 Å². The van der Waals surface area contributed by atoms with Crippen molar-refractivity contribution in [3.05, 3.63) is 30.0 Å². The third kappa shape index (κ3) is 2.60. The van der Waals surface area contributed by atoms with Crippen LogP contribution in [-0.4, -0.2) is 33.6 Å². The highest BCUT2D eigenvalue weighted by Crippen LogP contribution is 2.20. The van der Waals surface area contributed by atoms with Crippen molar-refractivity contribution >= 4 is 22.8 Å². The Hall–Kier alpha value is -2.50. The first kappa shape index (κ1) is 12.0. The molecule has 0 saturated heterocycles. The molecular weight excluding hydrogens is 236 g/mol. The minimum atomic E-state index is -0.961.